The SMILES string of the molecule is CC(C)(C)CCNC(=O)Nc1cncc(C(=O)O)c1. The number of anilines is 1. The number of aromatic carboxylic acids is 1. The van der Waals surface area contributed by atoms with Crippen molar-refractivity contribution in [2.24, 2.45) is 5.41 Å². The van der Waals surface area contributed by atoms with E-state index in [1.807, 2.05) is 0 Å². The summed E-state index contributed by atoms with van der Waals surface area (Å²) in [5.41, 5.74) is 0.540. The van der Waals surface area contributed by atoms with Gasteiger partial charge >= 0.3 is 12.0 Å². The predicted octanol–water partition coefficient (Wildman–Crippen LogP) is 2.34. The van der Waals surface area contributed by atoms with E-state index < -0.39 is 5.97 Å². The van der Waals surface area contributed by atoms with Crippen LogP contribution in [0.2, 0.25) is 0 Å². The molecule has 1 rings (SSSR count). The summed E-state index contributed by atoms with van der Waals surface area (Å²) in [5.74, 6) is -1.08. The lowest BCUT2D eigenvalue weighted by Crippen LogP contribution is -2.31. The number of carbonyl (C=O) groups is 2. The normalized spacial score (nSPS) is 10.9. The van der Waals surface area contributed by atoms with Crippen LogP contribution in [0.1, 0.15) is 37.6 Å². The number of carboxylic acid groups (broad SMARTS) is 1. The molecule has 3 N–H and O–H groups in total. The Morgan fingerprint density at radius 3 is 2.58 bits per heavy atom. The minimum absolute atomic E-state index is 0.0347. The lowest BCUT2D eigenvalue weighted by atomic mass is 9.92. The van der Waals surface area contributed by atoms with Gasteiger partial charge in [-0.3, -0.25) is 4.98 Å². The van der Waals surface area contributed by atoms with E-state index in [9.17, 15) is 9.59 Å². The van der Waals surface area contributed by atoms with Crippen molar-refractivity contribution in [1.29, 1.82) is 0 Å². The molecular weight excluding hydrogens is 246 g/mol. The molecule has 0 saturated heterocycles. The fourth-order valence-corrected chi connectivity index (χ4v) is 1.35. The van der Waals surface area contributed by atoms with Crippen LogP contribution in [-0.4, -0.2) is 28.6 Å². The molecular formula is C13H19N3O3. The maximum absolute atomic E-state index is 11.6. The zero-order chi connectivity index (χ0) is 14.5. The van der Waals surface area contributed by atoms with E-state index in [-0.39, 0.29) is 17.0 Å². The van der Waals surface area contributed by atoms with Crippen molar-refractivity contribution in [2.45, 2.75) is 27.2 Å². The van der Waals surface area contributed by atoms with Gasteiger partial charge in [-0.15, -0.1) is 0 Å². The van der Waals surface area contributed by atoms with Gasteiger partial charge in [0.05, 0.1) is 17.4 Å². The number of pyridine rings is 1. The fraction of sp³-hybridized carbons (Fsp3) is 0.462. The summed E-state index contributed by atoms with van der Waals surface area (Å²) >= 11 is 0. The molecule has 0 aliphatic rings. The molecule has 2 amide bonds. The van der Waals surface area contributed by atoms with Crippen molar-refractivity contribution in [3.63, 3.8) is 0 Å². The second kappa shape index (κ2) is 6.17. The summed E-state index contributed by atoms with van der Waals surface area (Å²) in [6, 6.07) is 0.993. The van der Waals surface area contributed by atoms with Crippen LogP contribution in [0, 0.1) is 5.41 Å². The quantitative estimate of drug-likeness (QED) is 0.779. The van der Waals surface area contributed by atoms with E-state index in [1.165, 1.54) is 18.5 Å². The van der Waals surface area contributed by atoms with Gasteiger partial charge in [-0.1, -0.05) is 20.8 Å². The molecule has 104 valence electrons. The summed E-state index contributed by atoms with van der Waals surface area (Å²) in [5, 5.41) is 14.1. The fourth-order valence-electron chi connectivity index (χ4n) is 1.35. The minimum atomic E-state index is -1.08. The van der Waals surface area contributed by atoms with Gasteiger partial charge in [0.1, 0.15) is 0 Å². The Kier molecular flexibility index (Phi) is 4.86. The summed E-state index contributed by atoms with van der Waals surface area (Å²) in [4.78, 5) is 26.1. The van der Waals surface area contributed by atoms with Crippen LogP contribution in [0.4, 0.5) is 10.5 Å². The second-order valence-corrected chi connectivity index (χ2v) is 5.46. The maximum atomic E-state index is 11.6. The highest BCUT2D eigenvalue weighted by atomic mass is 16.4. The molecule has 6 heteroatoms. The van der Waals surface area contributed by atoms with Gasteiger partial charge in [-0.25, -0.2) is 9.59 Å². The molecule has 6 nitrogen and oxygen atoms in total. The minimum Gasteiger partial charge on any atom is -0.478 e. The number of amides is 2. The first kappa shape index (κ1) is 14.9. The van der Waals surface area contributed by atoms with Gasteiger partial charge in [0, 0.05) is 12.7 Å². The van der Waals surface area contributed by atoms with Crippen LogP contribution in [0.25, 0.3) is 0 Å². The van der Waals surface area contributed by atoms with Crippen molar-refractivity contribution >= 4 is 17.7 Å². The molecule has 0 unspecified atom stereocenters. The topological polar surface area (TPSA) is 91.3 Å². The summed E-state index contributed by atoms with van der Waals surface area (Å²) in [7, 11) is 0. The third-order valence-electron chi connectivity index (χ3n) is 2.40. The number of nitrogens with one attached hydrogen (secondary N) is 2. The Morgan fingerprint density at radius 2 is 2.00 bits per heavy atom. The van der Waals surface area contributed by atoms with Gasteiger partial charge in [-0.2, -0.15) is 0 Å². The van der Waals surface area contributed by atoms with E-state index in [0.717, 1.165) is 6.42 Å². The molecule has 19 heavy (non-hydrogen) atoms. The van der Waals surface area contributed by atoms with Crippen LogP contribution in [0.3, 0.4) is 0 Å². The summed E-state index contributed by atoms with van der Waals surface area (Å²) in [6.07, 6.45) is 3.48. The monoisotopic (exact) mass is 265 g/mol. The van der Waals surface area contributed by atoms with E-state index in [0.29, 0.717) is 12.2 Å². The van der Waals surface area contributed by atoms with Gasteiger partial charge in [0.2, 0.25) is 0 Å². The van der Waals surface area contributed by atoms with Crippen LogP contribution in [0.5, 0.6) is 0 Å². The molecule has 1 aromatic rings. The first-order valence-corrected chi connectivity index (χ1v) is 6.01. The van der Waals surface area contributed by atoms with Crippen molar-refractivity contribution in [3.05, 3.63) is 24.0 Å². The molecule has 0 aliphatic carbocycles. The van der Waals surface area contributed by atoms with Gasteiger partial charge in [0.25, 0.3) is 0 Å². The summed E-state index contributed by atoms with van der Waals surface area (Å²) in [6.45, 7) is 6.83. The molecule has 0 aromatic carbocycles. The number of hydrogen-bond donors (Lipinski definition) is 3. The number of urea groups is 1. The van der Waals surface area contributed by atoms with Crippen LogP contribution in [0.15, 0.2) is 18.5 Å². The van der Waals surface area contributed by atoms with Gasteiger partial charge in [-0.05, 0) is 17.9 Å². The second-order valence-electron chi connectivity index (χ2n) is 5.46. The molecule has 1 aromatic heterocycles. The molecule has 0 atom stereocenters. The molecule has 0 aliphatic heterocycles. The number of aromatic nitrogens is 1. The number of hydrogen-bond acceptors (Lipinski definition) is 3. The van der Waals surface area contributed by atoms with Crippen molar-refractivity contribution in [3.8, 4) is 0 Å². The molecule has 0 spiro atoms. The molecule has 0 fully saturated rings. The predicted molar refractivity (Wildman–Crippen MR) is 72.3 cm³/mol. The highest BCUT2D eigenvalue weighted by Crippen LogP contribution is 2.17. The zero-order valence-electron chi connectivity index (χ0n) is 11.4. The maximum Gasteiger partial charge on any atom is 0.337 e. The van der Waals surface area contributed by atoms with Gasteiger partial charge < -0.3 is 15.7 Å². The lowest BCUT2D eigenvalue weighted by molar-refractivity contribution is 0.0696. The average Bonchev–Trinajstić information content (AvgIpc) is 2.27. The van der Waals surface area contributed by atoms with E-state index in [2.05, 4.69) is 36.4 Å². The Hall–Kier alpha value is -2.11. The summed E-state index contributed by atoms with van der Waals surface area (Å²) < 4.78 is 0. The van der Waals surface area contributed by atoms with Crippen molar-refractivity contribution in [2.75, 3.05) is 11.9 Å². The third-order valence-corrected chi connectivity index (χ3v) is 2.40. The Labute approximate surface area is 112 Å². The van der Waals surface area contributed by atoms with Crippen molar-refractivity contribution in [1.82, 2.24) is 10.3 Å². The van der Waals surface area contributed by atoms with E-state index in [4.69, 9.17) is 5.11 Å². The van der Waals surface area contributed by atoms with Crippen LogP contribution in [-0.2, 0) is 0 Å². The van der Waals surface area contributed by atoms with Crippen LogP contribution >= 0.6 is 0 Å². The highest BCUT2D eigenvalue weighted by Gasteiger charge is 2.11. The molecule has 1 heterocycles. The number of carbonyl (C=O) groups excluding carboxylic acids is 1. The van der Waals surface area contributed by atoms with Crippen molar-refractivity contribution < 1.29 is 14.7 Å². The Morgan fingerprint density at radius 1 is 1.32 bits per heavy atom. The number of nitrogens with zero attached hydrogens (tertiary/aromatic N) is 1. The largest absolute Gasteiger partial charge is 0.478 e. The smallest absolute Gasteiger partial charge is 0.337 e. The number of rotatable bonds is 4. The number of carboxylic acids is 1. The Bertz CT molecular complexity index is 466. The molecule has 0 bridgehead atoms. The third kappa shape index (κ3) is 5.85. The standard InChI is InChI=1S/C13H19N3O3/c1-13(2,3)4-5-15-12(19)16-10-6-9(11(17)18)7-14-8-10/h6-8H,4-5H2,1-3H3,(H,17,18)(H2,15,16,19). The highest BCUT2D eigenvalue weighted by molar-refractivity contribution is 5.92. The zero-order valence-corrected chi connectivity index (χ0v) is 11.4. The average molecular weight is 265 g/mol. The lowest BCUT2D eigenvalue weighted by Gasteiger charge is -2.18. The first-order chi connectivity index (χ1) is 8.78. The van der Waals surface area contributed by atoms with E-state index in [1.54, 1.807) is 0 Å². The molecule has 0 radical (unpaired) electrons. The van der Waals surface area contributed by atoms with Crippen LogP contribution < -0.4 is 10.6 Å². The molecule has 0 saturated carbocycles. The van der Waals surface area contributed by atoms with Gasteiger partial charge in [0.15, 0.2) is 0 Å². The first-order valence-electron chi connectivity index (χ1n) is 6.01. The Balaban J connectivity index is 2.48. The van der Waals surface area contributed by atoms with E-state index >= 15 is 0 Å².